The summed E-state index contributed by atoms with van der Waals surface area (Å²) in [4.78, 5) is 16.1. The Hall–Kier alpha value is -1.39. The van der Waals surface area contributed by atoms with E-state index in [2.05, 4.69) is 36.2 Å². The highest BCUT2D eigenvalue weighted by molar-refractivity contribution is 5.79. The van der Waals surface area contributed by atoms with Gasteiger partial charge in [-0.05, 0) is 24.7 Å². The monoisotopic (exact) mass is 329 g/mol. The number of Topliss-reactive ketones (excluding diaryl/α,β-unsaturated/α-hetero) is 1. The molecule has 3 aliphatic rings. The molecule has 4 heteroatoms. The van der Waals surface area contributed by atoms with Crippen molar-refractivity contribution in [1.29, 1.82) is 0 Å². The maximum Gasteiger partial charge on any atom is 0.133 e. The fraction of sp³-hybridized carbons (Fsp3) is 0.650. The van der Waals surface area contributed by atoms with Gasteiger partial charge in [0.1, 0.15) is 23.1 Å². The maximum atomic E-state index is 11.8. The van der Waals surface area contributed by atoms with Gasteiger partial charge in [-0.15, -0.1) is 0 Å². The van der Waals surface area contributed by atoms with Gasteiger partial charge < -0.3 is 9.64 Å². The summed E-state index contributed by atoms with van der Waals surface area (Å²) < 4.78 is 5.28. The normalized spacial score (nSPS) is 32.2. The van der Waals surface area contributed by atoms with Crippen molar-refractivity contribution in [2.75, 3.05) is 27.2 Å². The number of carbonyl (C=O) groups excluding carboxylic acids is 1. The van der Waals surface area contributed by atoms with Crippen LogP contribution in [0.4, 0.5) is 0 Å². The van der Waals surface area contributed by atoms with Crippen molar-refractivity contribution in [2.45, 2.75) is 56.1 Å². The topological polar surface area (TPSA) is 34.0 Å². The first-order chi connectivity index (χ1) is 11.6. The molecule has 1 unspecified atom stereocenters. The van der Waals surface area contributed by atoms with Crippen molar-refractivity contribution >= 4 is 5.78 Å². The molecule has 1 aliphatic carbocycles. The molecule has 2 aliphatic heterocycles. The van der Waals surface area contributed by atoms with Gasteiger partial charge in [-0.2, -0.15) is 0 Å². The molecule has 2 saturated heterocycles. The molecule has 4 nitrogen and oxygen atoms in total. The Kier molecular flexibility index (Phi) is 4.13. The summed E-state index contributed by atoms with van der Waals surface area (Å²) in [6, 6.07) is 9.89. The van der Waals surface area contributed by atoms with Gasteiger partial charge in [-0.1, -0.05) is 12.1 Å². The number of carbonyl (C=O) groups is 1. The Labute approximate surface area is 144 Å². The predicted molar refractivity (Wildman–Crippen MR) is 93.6 cm³/mol. The lowest BCUT2D eigenvalue weighted by molar-refractivity contribution is -0.967. The highest BCUT2D eigenvalue weighted by Gasteiger charge is 2.57. The van der Waals surface area contributed by atoms with Crippen molar-refractivity contribution < 1.29 is 14.4 Å². The number of benzene rings is 1. The van der Waals surface area contributed by atoms with Crippen LogP contribution in [0.5, 0.6) is 5.75 Å². The van der Waals surface area contributed by atoms with Gasteiger partial charge in [0.2, 0.25) is 0 Å². The summed E-state index contributed by atoms with van der Waals surface area (Å²) in [6.07, 6.45) is 6.21. The summed E-state index contributed by atoms with van der Waals surface area (Å²) in [6.45, 7) is 2.42. The van der Waals surface area contributed by atoms with Crippen molar-refractivity contribution in [3.05, 3.63) is 29.8 Å². The number of nitrogens with zero attached hydrogens (tertiary/aromatic N) is 1. The van der Waals surface area contributed by atoms with Crippen LogP contribution < -0.4 is 9.64 Å². The van der Waals surface area contributed by atoms with E-state index in [0.29, 0.717) is 23.4 Å². The average molecular weight is 329 g/mol. The number of rotatable bonds is 3. The van der Waals surface area contributed by atoms with Crippen LogP contribution in [0.15, 0.2) is 24.3 Å². The number of quaternary nitrogens is 1. The zero-order valence-corrected chi connectivity index (χ0v) is 14.9. The van der Waals surface area contributed by atoms with Gasteiger partial charge in [-0.25, -0.2) is 0 Å². The summed E-state index contributed by atoms with van der Waals surface area (Å²) in [5, 5.41) is 0. The Morgan fingerprint density at radius 3 is 2.62 bits per heavy atom. The van der Waals surface area contributed by atoms with Crippen LogP contribution in [0.3, 0.4) is 0 Å². The van der Waals surface area contributed by atoms with Crippen LogP contribution in [-0.2, 0) is 11.2 Å². The summed E-state index contributed by atoms with van der Waals surface area (Å²) in [5.74, 6) is 1.40. The van der Waals surface area contributed by atoms with E-state index in [-0.39, 0.29) is 0 Å². The third-order valence-electron chi connectivity index (χ3n) is 6.79. The Morgan fingerprint density at radius 1 is 1.25 bits per heavy atom. The Bertz CT molecular complexity index is 603. The predicted octanol–water partition coefficient (Wildman–Crippen LogP) is 1.09. The van der Waals surface area contributed by atoms with Gasteiger partial charge in [0.25, 0.3) is 0 Å². The zero-order valence-electron chi connectivity index (χ0n) is 14.9. The lowest BCUT2D eigenvalue weighted by Crippen LogP contribution is -3.23. The first kappa shape index (κ1) is 16.1. The van der Waals surface area contributed by atoms with Crippen molar-refractivity contribution in [2.24, 2.45) is 0 Å². The molecule has 1 aromatic carbocycles. The molecule has 0 aromatic heterocycles. The second-order valence-electron chi connectivity index (χ2n) is 8.10. The third-order valence-corrected chi connectivity index (χ3v) is 6.79. The van der Waals surface area contributed by atoms with Crippen LogP contribution >= 0.6 is 0 Å². The third kappa shape index (κ3) is 2.76. The van der Waals surface area contributed by atoms with Crippen molar-refractivity contribution in [3.8, 4) is 5.75 Å². The SMILES string of the molecule is COc1ccc(C[C@H]2CN(C)[C@@H]3C[NH+]2C2(CCC(=O)CC2)C3)cc1. The van der Waals surface area contributed by atoms with E-state index in [1.165, 1.54) is 25.1 Å². The van der Waals surface area contributed by atoms with E-state index >= 15 is 0 Å². The molecule has 1 aromatic rings. The molecular weight excluding hydrogens is 300 g/mol. The second kappa shape index (κ2) is 6.16. The molecule has 1 N–H and O–H groups in total. The van der Waals surface area contributed by atoms with Gasteiger partial charge >= 0.3 is 0 Å². The molecule has 4 rings (SSSR count). The highest BCUT2D eigenvalue weighted by atomic mass is 16.5. The number of methoxy groups -OCH3 is 1. The minimum atomic E-state index is 0.362. The van der Waals surface area contributed by atoms with E-state index in [1.54, 1.807) is 12.0 Å². The van der Waals surface area contributed by atoms with Gasteiger partial charge in [0.15, 0.2) is 0 Å². The smallest absolute Gasteiger partial charge is 0.133 e. The van der Waals surface area contributed by atoms with E-state index < -0.39 is 0 Å². The molecule has 3 atom stereocenters. The number of ether oxygens (including phenoxy) is 1. The van der Waals surface area contributed by atoms with E-state index in [4.69, 9.17) is 4.74 Å². The van der Waals surface area contributed by atoms with Crippen LogP contribution in [0.25, 0.3) is 0 Å². The van der Waals surface area contributed by atoms with Crippen molar-refractivity contribution in [1.82, 2.24) is 4.90 Å². The minimum Gasteiger partial charge on any atom is -0.497 e. The second-order valence-corrected chi connectivity index (χ2v) is 8.10. The van der Waals surface area contributed by atoms with Crippen LogP contribution in [-0.4, -0.2) is 55.6 Å². The first-order valence-electron chi connectivity index (χ1n) is 9.31. The highest BCUT2D eigenvalue weighted by Crippen LogP contribution is 2.34. The lowest BCUT2D eigenvalue weighted by atomic mass is 9.78. The average Bonchev–Trinajstić information content (AvgIpc) is 2.92. The number of hydrogen-bond acceptors (Lipinski definition) is 3. The van der Waals surface area contributed by atoms with Crippen LogP contribution in [0.1, 0.15) is 37.7 Å². The molecule has 2 bridgehead atoms. The van der Waals surface area contributed by atoms with Crippen LogP contribution in [0.2, 0.25) is 0 Å². The zero-order chi connectivity index (χ0) is 16.7. The molecule has 0 amide bonds. The molecule has 1 saturated carbocycles. The molecule has 1 spiro atoms. The fourth-order valence-electron chi connectivity index (χ4n) is 5.41. The number of piperazine rings is 1. The molecule has 3 fully saturated rings. The van der Waals surface area contributed by atoms with Crippen molar-refractivity contribution in [3.63, 3.8) is 0 Å². The standard InChI is InChI=1S/C20H28N2O2/c1-21-13-16(11-15-3-5-19(24-2)6-4-15)22-14-17(21)12-20(22)9-7-18(23)8-10-20/h3-6,16-17H,7-14H2,1-2H3/p+1/t16-,17-/m0/s1. The van der Waals surface area contributed by atoms with Gasteiger partial charge in [-0.3, -0.25) is 9.69 Å². The number of ketones is 1. The summed E-state index contributed by atoms with van der Waals surface area (Å²) in [5.41, 5.74) is 1.76. The first-order valence-corrected chi connectivity index (χ1v) is 9.31. The number of hydrogen-bond donors (Lipinski definition) is 1. The number of fused-ring (bicyclic) bond motifs is 3. The maximum absolute atomic E-state index is 11.8. The fourth-order valence-corrected chi connectivity index (χ4v) is 5.41. The number of likely N-dealkylation sites (N-methyl/N-ethyl adjacent to an activating group) is 1. The van der Waals surface area contributed by atoms with Gasteiger partial charge in [0, 0.05) is 38.5 Å². The Balaban J connectivity index is 1.54. The van der Waals surface area contributed by atoms with E-state index in [0.717, 1.165) is 37.9 Å². The lowest BCUT2D eigenvalue weighted by Gasteiger charge is -2.43. The minimum absolute atomic E-state index is 0.362. The summed E-state index contributed by atoms with van der Waals surface area (Å²) >= 11 is 0. The number of nitrogens with one attached hydrogen (secondary N) is 1. The molecule has 2 heterocycles. The Morgan fingerprint density at radius 2 is 1.96 bits per heavy atom. The largest absolute Gasteiger partial charge is 0.497 e. The van der Waals surface area contributed by atoms with E-state index in [1.807, 2.05) is 0 Å². The molecular formula is C20H29N2O2+. The summed E-state index contributed by atoms with van der Waals surface area (Å²) in [7, 11) is 4.00. The van der Waals surface area contributed by atoms with Gasteiger partial charge in [0.05, 0.1) is 26.2 Å². The molecule has 130 valence electrons. The van der Waals surface area contributed by atoms with E-state index in [9.17, 15) is 4.79 Å². The molecule has 24 heavy (non-hydrogen) atoms. The molecule has 0 radical (unpaired) electrons. The quantitative estimate of drug-likeness (QED) is 0.901. The van der Waals surface area contributed by atoms with Crippen LogP contribution in [0, 0.1) is 0 Å².